The summed E-state index contributed by atoms with van der Waals surface area (Å²) < 4.78 is 24.6. The lowest BCUT2D eigenvalue weighted by Gasteiger charge is -2.31. The van der Waals surface area contributed by atoms with Crippen LogP contribution in [-0.4, -0.2) is 43.0 Å². The van der Waals surface area contributed by atoms with Crippen LogP contribution in [0.3, 0.4) is 0 Å². The number of carbonyl (C=O) groups excluding carboxylic acids is 2. The average Bonchev–Trinajstić information content (AvgIpc) is 3.00. The highest BCUT2D eigenvalue weighted by molar-refractivity contribution is 6.32. The molecule has 0 bridgehead atoms. The summed E-state index contributed by atoms with van der Waals surface area (Å²) in [6.07, 6.45) is 0.892. The normalized spacial score (nSPS) is 11.4. The van der Waals surface area contributed by atoms with Gasteiger partial charge in [-0.05, 0) is 59.5 Å². The first-order valence-corrected chi connectivity index (χ1v) is 13.7. The standard InChI is InChI=1S/C33H32ClFN2O4/c1-40-28-17-13-24(14-18-28)19-20-36-33(39)30(21-25-7-3-2-4-8-25)37(22-26-11-15-27(35)16-12-26)32(38)23-41-31-10-6-5-9-29(31)34/h2-18,30H,19-23H2,1H3,(H,36,39)/t30-/m1/s1. The van der Waals surface area contributed by atoms with Crippen LogP contribution < -0.4 is 14.8 Å². The first kappa shape index (κ1) is 29.6. The van der Waals surface area contributed by atoms with Crippen molar-refractivity contribution < 1.29 is 23.5 Å². The highest BCUT2D eigenvalue weighted by Crippen LogP contribution is 2.23. The molecule has 0 aliphatic rings. The molecule has 0 spiro atoms. The topological polar surface area (TPSA) is 67.9 Å². The van der Waals surface area contributed by atoms with Crippen molar-refractivity contribution in [1.29, 1.82) is 0 Å². The summed E-state index contributed by atoms with van der Waals surface area (Å²) in [7, 11) is 1.61. The number of hydrogen-bond donors (Lipinski definition) is 1. The lowest BCUT2D eigenvalue weighted by atomic mass is 10.0. The Balaban J connectivity index is 1.56. The molecule has 41 heavy (non-hydrogen) atoms. The van der Waals surface area contributed by atoms with E-state index in [1.165, 1.54) is 17.0 Å². The van der Waals surface area contributed by atoms with Crippen LogP contribution in [0.4, 0.5) is 4.39 Å². The predicted molar refractivity (Wildman–Crippen MR) is 158 cm³/mol. The molecule has 0 saturated carbocycles. The van der Waals surface area contributed by atoms with E-state index < -0.39 is 11.9 Å². The van der Waals surface area contributed by atoms with Crippen molar-refractivity contribution in [2.24, 2.45) is 0 Å². The number of nitrogens with one attached hydrogen (secondary N) is 1. The van der Waals surface area contributed by atoms with Crippen LogP contribution >= 0.6 is 11.6 Å². The maximum Gasteiger partial charge on any atom is 0.261 e. The number of methoxy groups -OCH3 is 1. The molecule has 0 fully saturated rings. The average molecular weight is 575 g/mol. The first-order chi connectivity index (χ1) is 19.9. The molecule has 0 aromatic heterocycles. The molecule has 4 aromatic rings. The number of hydrogen-bond acceptors (Lipinski definition) is 4. The smallest absolute Gasteiger partial charge is 0.261 e. The summed E-state index contributed by atoms with van der Waals surface area (Å²) in [4.78, 5) is 28.9. The highest BCUT2D eigenvalue weighted by atomic mass is 35.5. The number of carbonyl (C=O) groups is 2. The molecule has 0 aliphatic carbocycles. The van der Waals surface area contributed by atoms with Gasteiger partial charge in [-0.15, -0.1) is 0 Å². The highest BCUT2D eigenvalue weighted by Gasteiger charge is 2.30. The van der Waals surface area contributed by atoms with Crippen molar-refractivity contribution in [3.8, 4) is 11.5 Å². The Morgan fingerprint density at radius 1 is 0.854 bits per heavy atom. The van der Waals surface area contributed by atoms with Crippen LogP contribution in [0.15, 0.2) is 103 Å². The SMILES string of the molecule is COc1ccc(CCNC(=O)[C@@H](Cc2ccccc2)N(Cc2ccc(F)cc2)C(=O)COc2ccccc2Cl)cc1. The van der Waals surface area contributed by atoms with Gasteiger partial charge in [-0.1, -0.05) is 78.3 Å². The third kappa shape index (κ3) is 8.82. The zero-order chi connectivity index (χ0) is 29.0. The van der Waals surface area contributed by atoms with Gasteiger partial charge in [0.2, 0.25) is 5.91 Å². The summed E-state index contributed by atoms with van der Waals surface area (Å²) in [6, 6.07) is 29.0. The van der Waals surface area contributed by atoms with E-state index in [0.29, 0.717) is 29.3 Å². The Bertz CT molecular complexity index is 1420. The predicted octanol–water partition coefficient (Wildman–Crippen LogP) is 5.87. The molecule has 4 aromatic carbocycles. The minimum absolute atomic E-state index is 0.0917. The lowest BCUT2D eigenvalue weighted by molar-refractivity contribution is -0.142. The second kappa shape index (κ2) is 14.9. The second-order valence-electron chi connectivity index (χ2n) is 9.46. The van der Waals surface area contributed by atoms with Crippen LogP contribution in [0.1, 0.15) is 16.7 Å². The number of ether oxygens (including phenoxy) is 2. The molecule has 1 atom stereocenters. The van der Waals surface area contributed by atoms with E-state index in [4.69, 9.17) is 21.1 Å². The number of nitrogens with zero attached hydrogens (tertiary/aromatic N) is 1. The van der Waals surface area contributed by atoms with Crippen LogP contribution in [0.5, 0.6) is 11.5 Å². The van der Waals surface area contributed by atoms with Crippen LogP contribution in [0, 0.1) is 5.82 Å². The summed E-state index contributed by atoms with van der Waals surface area (Å²) >= 11 is 6.22. The van der Waals surface area contributed by atoms with E-state index in [1.807, 2.05) is 54.6 Å². The van der Waals surface area contributed by atoms with Gasteiger partial charge in [-0.3, -0.25) is 9.59 Å². The fraction of sp³-hybridized carbons (Fsp3) is 0.212. The van der Waals surface area contributed by atoms with Gasteiger partial charge in [-0.25, -0.2) is 4.39 Å². The van der Waals surface area contributed by atoms with Gasteiger partial charge >= 0.3 is 0 Å². The number of para-hydroxylation sites is 1. The van der Waals surface area contributed by atoms with Gasteiger partial charge in [0.05, 0.1) is 12.1 Å². The molecule has 0 saturated heterocycles. The minimum Gasteiger partial charge on any atom is -0.497 e. The van der Waals surface area contributed by atoms with Gasteiger partial charge in [-0.2, -0.15) is 0 Å². The van der Waals surface area contributed by atoms with Crippen LogP contribution in [0.25, 0.3) is 0 Å². The maximum absolute atomic E-state index is 13.7. The third-order valence-corrected chi connectivity index (χ3v) is 6.91. The molecule has 6 nitrogen and oxygen atoms in total. The molecule has 0 unspecified atom stereocenters. The molecule has 0 heterocycles. The number of benzene rings is 4. The Labute approximate surface area is 244 Å². The summed E-state index contributed by atoms with van der Waals surface area (Å²) in [5.41, 5.74) is 2.62. The molecule has 212 valence electrons. The molecule has 0 radical (unpaired) electrons. The molecule has 2 amide bonds. The summed E-state index contributed by atoms with van der Waals surface area (Å²) in [6.45, 7) is 0.148. The van der Waals surface area contributed by atoms with Gasteiger partial charge < -0.3 is 19.7 Å². The van der Waals surface area contributed by atoms with Gasteiger partial charge in [0, 0.05) is 19.5 Å². The first-order valence-electron chi connectivity index (χ1n) is 13.3. The van der Waals surface area contributed by atoms with Crippen molar-refractivity contribution in [2.75, 3.05) is 20.3 Å². The quantitative estimate of drug-likeness (QED) is 0.217. The van der Waals surface area contributed by atoms with Crippen molar-refractivity contribution in [3.63, 3.8) is 0 Å². The summed E-state index contributed by atoms with van der Waals surface area (Å²) in [5, 5.41) is 3.38. The lowest BCUT2D eigenvalue weighted by Crippen LogP contribution is -2.52. The molecule has 0 aliphatic heterocycles. The molecular weight excluding hydrogens is 543 g/mol. The Morgan fingerprint density at radius 2 is 1.51 bits per heavy atom. The number of amides is 2. The van der Waals surface area contributed by atoms with E-state index in [-0.39, 0.29) is 31.3 Å². The number of halogens is 2. The van der Waals surface area contributed by atoms with Crippen molar-refractivity contribution in [2.45, 2.75) is 25.4 Å². The van der Waals surface area contributed by atoms with Gasteiger partial charge in [0.25, 0.3) is 5.91 Å². The third-order valence-electron chi connectivity index (χ3n) is 6.60. The zero-order valence-electron chi connectivity index (χ0n) is 22.8. The van der Waals surface area contributed by atoms with E-state index in [1.54, 1.807) is 43.5 Å². The fourth-order valence-corrected chi connectivity index (χ4v) is 4.56. The Hall–Kier alpha value is -4.36. The van der Waals surface area contributed by atoms with Crippen LogP contribution in [0.2, 0.25) is 5.02 Å². The monoisotopic (exact) mass is 574 g/mol. The van der Waals surface area contributed by atoms with E-state index in [2.05, 4.69) is 5.32 Å². The van der Waals surface area contributed by atoms with Crippen molar-refractivity contribution >= 4 is 23.4 Å². The Morgan fingerprint density at radius 3 is 2.20 bits per heavy atom. The molecule has 1 N–H and O–H groups in total. The van der Waals surface area contributed by atoms with E-state index in [9.17, 15) is 14.0 Å². The number of rotatable bonds is 13. The van der Waals surface area contributed by atoms with Crippen LogP contribution in [-0.2, 0) is 29.0 Å². The minimum atomic E-state index is -0.847. The largest absolute Gasteiger partial charge is 0.497 e. The molecular formula is C33H32ClFN2O4. The fourth-order valence-electron chi connectivity index (χ4n) is 4.36. The molecule has 8 heteroatoms. The van der Waals surface area contributed by atoms with Gasteiger partial charge in [0.15, 0.2) is 6.61 Å². The zero-order valence-corrected chi connectivity index (χ0v) is 23.5. The summed E-state index contributed by atoms with van der Waals surface area (Å²) in [5.74, 6) is 0.0457. The van der Waals surface area contributed by atoms with Crippen molar-refractivity contribution in [3.05, 3.63) is 131 Å². The van der Waals surface area contributed by atoms with E-state index in [0.717, 1.165) is 16.9 Å². The molecule has 4 rings (SSSR count). The maximum atomic E-state index is 13.7. The second-order valence-corrected chi connectivity index (χ2v) is 9.87. The van der Waals surface area contributed by atoms with E-state index >= 15 is 0 Å². The Kier molecular flexibility index (Phi) is 10.7. The van der Waals surface area contributed by atoms with Crippen molar-refractivity contribution in [1.82, 2.24) is 10.2 Å². The van der Waals surface area contributed by atoms with Gasteiger partial charge in [0.1, 0.15) is 23.4 Å².